The Morgan fingerprint density at radius 1 is 0.971 bits per heavy atom. The Balaban J connectivity index is 0.00000529. The first-order chi connectivity index (χ1) is 15.7. The van der Waals surface area contributed by atoms with E-state index in [1.54, 1.807) is 48.5 Å². The van der Waals surface area contributed by atoms with Crippen molar-refractivity contribution in [1.29, 1.82) is 0 Å². The Kier molecular flexibility index (Phi) is 13.9. The van der Waals surface area contributed by atoms with Gasteiger partial charge in [0.05, 0.1) is 30.7 Å². The molecule has 0 saturated heterocycles. The van der Waals surface area contributed by atoms with Gasteiger partial charge in [-0.05, 0) is 59.2 Å². The van der Waals surface area contributed by atoms with E-state index < -0.39 is 55.2 Å². The number of rotatable bonds is 10. The molecule has 0 aromatic heterocycles. The van der Waals surface area contributed by atoms with Crippen LogP contribution in [0.2, 0.25) is 0 Å². The normalized spacial score (nSPS) is 14.5. The maximum absolute atomic E-state index is 13.0. The van der Waals surface area contributed by atoms with Crippen molar-refractivity contribution in [2.45, 2.75) is 85.8 Å². The third kappa shape index (κ3) is 10.7. The van der Waals surface area contributed by atoms with E-state index in [9.17, 15) is 22.8 Å². The SMILES string of the molecule is CC.CCOP(OCC)C(C(=O)OC(C)(C)C)C(C)C(=O)NC(C)c1ccc(C(F)(F)F)cc1. The van der Waals surface area contributed by atoms with E-state index in [2.05, 4.69) is 5.32 Å². The second kappa shape index (κ2) is 14.6. The molecule has 0 aliphatic carbocycles. The molecule has 1 aromatic rings. The third-order valence-corrected chi connectivity index (χ3v) is 6.51. The number of hydrogen-bond donors (Lipinski definition) is 1. The van der Waals surface area contributed by atoms with Crippen LogP contribution in [0.3, 0.4) is 0 Å². The predicted octanol–water partition coefficient (Wildman–Crippen LogP) is 6.64. The van der Waals surface area contributed by atoms with Gasteiger partial charge in [0.1, 0.15) is 11.3 Å². The second-order valence-corrected chi connectivity index (χ2v) is 9.88. The predicted molar refractivity (Wildman–Crippen MR) is 128 cm³/mol. The molecule has 196 valence electrons. The van der Waals surface area contributed by atoms with Crippen LogP contribution in [0.15, 0.2) is 24.3 Å². The molecule has 0 radical (unpaired) electrons. The summed E-state index contributed by atoms with van der Waals surface area (Å²) in [6, 6.07) is 3.99. The lowest BCUT2D eigenvalue weighted by Gasteiger charge is -2.31. The van der Waals surface area contributed by atoms with Gasteiger partial charge in [0.2, 0.25) is 5.91 Å². The lowest BCUT2D eigenvalue weighted by molar-refractivity contribution is -0.157. The molecular weight excluding hydrogens is 470 g/mol. The Morgan fingerprint density at radius 2 is 1.44 bits per heavy atom. The molecule has 1 rings (SSSR count). The van der Waals surface area contributed by atoms with Gasteiger partial charge < -0.3 is 19.1 Å². The first kappa shape index (κ1) is 32.3. The summed E-state index contributed by atoms with van der Waals surface area (Å²) in [6.07, 6.45) is -4.43. The molecule has 10 heteroatoms. The molecule has 0 spiro atoms. The molecule has 1 amide bonds. The molecule has 1 N–H and O–H groups in total. The zero-order valence-corrected chi connectivity index (χ0v) is 22.5. The number of halogens is 3. The van der Waals surface area contributed by atoms with Crippen LogP contribution in [0.1, 0.15) is 79.5 Å². The van der Waals surface area contributed by atoms with Crippen LogP contribution in [-0.2, 0) is 29.5 Å². The van der Waals surface area contributed by atoms with Crippen LogP contribution in [0.5, 0.6) is 0 Å². The van der Waals surface area contributed by atoms with Crippen molar-refractivity contribution in [3.8, 4) is 0 Å². The van der Waals surface area contributed by atoms with Crippen molar-refractivity contribution in [1.82, 2.24) is 5.32 Å². The topological polar surface area (TPSA) is 73.9 Å². The van der Waals surface area contributed by atoms with E-state index in [0.29, 0.717) is 18.8 Å². The summed E-state index contributed by atoms with van der Waals surface area (Å²) < 4.78 is 55.1. The molecule has 0 aliphatic rings. The smallest absolute Gasteiger partial charge is 0.416 e. The fourth-order valence-corrected chi connectivity index (χ4v) is 4.45. The number of hydrogen-bond acceptors (Lipinski definition) is 5. The van der Waals surface area contributed by atoms with Crippen molar-refractivity contribution < 1.29 is 36.5 Å². The van der Waals surface area contributed by atoms with Gasteiger partial charge in [-0.1, -0.05) is 32.9 Å². The number of carbonyl (C=O) groups excluding carboxylic acids is 2. The fraction of sp³-hybridized carbons (Fsp3) is 0.667. The number of carbonyl (C=O) groups is 2. The number of amides is 1. The lowest BCUT2D eigenvalue weighted by Crippen LogP contribution is -2.42. The molecule has 0 aliphatic heterocycles. The van der Waals surface area contributed by atoms with Gasteiger partial charge in [0.25, 0.3) is 0 Å². The molecular formula is C24H39F3NO5P. The number of esters is 1. The average molecular weight is 510 g/mol. The van der Waals surface area contributed by atoms with E-state index in [0.717, 1.165) is 12.1 Å². The van der Waals surface area contributed by atoms with Crippen molar-refractivity contribution in [3.05, 3.63) is 35.4 Å². The first-order valence-electron chi connectivity index (χ1n) is 11.5. The molecule has 0 fully saturated rings. The molecule has 3 unspecified atom stereocenters. The summed E-state index contributed by atoms with van der Waals surface area (Å²) >= 11 is 0. The number of benzene rings is 1. The summed E-state index contributed by atoms with van der Waals surface area (Å²) in [4.78, 5) is 25.9. The zero-order chi connectivity index (χ0) is 26.7. The molecule has 1 aromatic carbocycles. The molecule has 0 saturated carbocycles. The van der Waals surface area contributed by atoms with E-state index in [1.807, 2.05) is 13.8 Å². The van der Waals surface area contributed by atoms with Crippen LogP contribution >= 0.6 is 8.38 Å². The van der Waals surface area contributed by atoms with Crippen LogP contribution < -0.4 is 5.32 Å². The number of ether oxygens (including phenoxy) is 1. The lowest BCUT2D eigenvalue weighted by atomic mass is 10.0. The fourth-order valence-electron chi connectivity index (χ4n) is 2.82. The van der Waals surface area contributed by atoms with Crippen LogP contribution in [0.4, 0.5) is 13.2 Å². The van der Waals surface area contributed by atoms with Gasteiger partial charge in [0.15, 0.2) is 8.38 Å². The summed E-state index contributed by atoms with van der Waals surface area (Å²) in [5.41, 5.74) is -2.00. The van der Waals surface area contributed by atoms with Crippen molar-refractivity contribution in [2.24, 2.45) is 5.92 Å². The quantitative estimate of drug-likeness (QED) is 0.283. The van der Waals surface area contributed by atoms with E-state index in [-0.39, 0.29) is 0 Å². The van der Waals surface area contributed by atoms with Gasteiger partial charge in [0, 0.05) is 0 Å². The monoisotopic (exact) mass is 509 g/mol. The van der Waals surface area contributed by atoms with Gasteiger partial charge in [-0.25, -0.2) is 0 Å². The van der Waals surface area contributed by atoms with Gasteiger partial charge in [-0.3, -0.25) is 9.59 Å². The standard InChI is InChI=1S/C22H33F3NO5P.C2H6/c1-8-29-32(30-9-2)18(20(28)31-21(5,6)7)14(3)19(27)26-15(4)16-10-12-17(13-11-16)22(23,24)25;1-2/h10-15,18H,8-9H2,1-7H3,(H,26,27);1-2H3. The Hall–Kier alpha value is -1.70. The molecule has 0 bridgehead atoms. The first-order valence-corrected chi connectivity index (χ1v) is 12.7. The highest BCUT2D eigenvalue weighted by Crippen LogP contribution is 2.48. The number of alkyl halides is 3. The van der Waals surface area contributed by atoms with Crippen LogP contribution in [0.25, 0.3) is 0 Å². The highest BCUT2D eigenvalue weighted by molar-refractivity contribution is 7.49. The van der Waals surface area contributed by atoms with Gasteiger partial charge in [-0.2, -0.15) is 13.2 Å². The van der Waals surface area contributed by atoms with Crippen molar-refractivity contribution in [3.63, 3.8) is 0 Å². The summed E-state index contributed by atoms with van der Waals surface area (Å²) in [7, 11) is -1.75. The minimum absolute atomic E-state index is 0.293. The van der Waals surface area contributed by atoms with Crippen molar-refractivity contribution >= 4 is 20.3 Å². The molecule has 0 heterocycles. The van der Waals surface area contributed by atoms with E-state index in [4.69, 9.17) is 13.8 Å². The van der Waals surface area contributed by atoms with Gasteiger partial charge in [-0.15, -0.1) is 0 Å². The summed E-state index contributed by atoms with van der Waals surface area (Å²) in [5, 5.41) is 2.76. The van der Waals surface area contributed by atoms with E-state index in [1.165, 1.54) is 12.1 Å². The van der Waals surface area contributed by atoms with E-state index >= 15 is 0 Å². The number of nitrogens with one attached hydrogen (secondary N) is 1. The summed E-state index contributed by atoms with van der Waals surface area (Å²) in [6.45, 7) is 16.5. The molecule has 34 heavy (non-hydrogen) atoms. The molecule has 6 nitrogen and oxygen atoms in total. The Labute approximate surface area is 202 Å². The largest absolute Gasteiger partial charge is 0.459 e. The van der Waals surface area contributed by atoms with Crippen LogP contribution in [-0.4, -0.2) is 36.4 Å². The summed E-state index contributed by atoms with van der Waals surface area (Å²) in [5.74, 6) is -1.92. The maximum Gasteiger partial charge on any atom is 0.416 e. The highest BCUT2D eigenvalue weighted by Gasteiger charge is 2.42. The average Bonchev–Trinajstić information content (AvgIpc) is 2.73. The second-order valence-electron chi connectivity index (χ2n) is 8.24. The van der Waals surface area contributed by atoms with Crippen molar-refractivity contribution in [2.75, 3.05) is 13.2 Å². The zero-order valence-electron chi connectivity index (χ0n) is 21.6. The Morgan fingerprint density at radius 3 is 1.82 bits per heavy atom. The highest BCUT2D eigenvalue weighted by atomic mass is 31.2. The third-order valence-electron chi connectivity index (χ3n) is 4.37. The van der Waals surface area contributed by atoms with Gasteiger partial charge >= 0.3 is 12.1 Å². The minimum atomic E-state index is -4.43. The maximum atomic E-state index is 13.0. The minimum Gasteiger partial charge on any atom is -0.459 e. The van der Waals surface area contributed by atoms with Crippen LogP contribution in [0, 0.1) is 5.92 Å². The Bertz CT molecular complexity index is 744. The molecule has 3 atom stereocenters.